The maximum atomic E-state index is 13.0. The molecule has 1 saturated heterocycles. The van der Waals surface area contributed by atoms with Gasteiger partial charge in [0, 0.05) is 25.2 Å². The molecule has 1 aliphatic heterocycles. The quantitative estimate of drug-likeness (QED) is 0.445. The highest BCUT2D eigenvalue weighted by atomic mass is 35.5. The van der Waals surface area contributed by atoms with Gasteiger partial charge in [-0.25, -0.2) is 9.78 Å². The third-order valence-corrected chi connectivity index (χ3v) is 6.65. The van der Waals surface area contributed by atoms with Crippen LogP contribution in [0, 0.1) is 11.3 Å². The molecule has 2 heterocycles. The molecule has 14 heteroatoms. The third-order valence-electron chi connectivity index (χ3n) is 6.39. The number of benzene rings is 1. The second-order valence-corrected chi connectivity index (χ2v) is 9.64. The van der Waals surface area contributed by atoms with Crippen LogP contribution in [0.4, 0.5) is 19.0 Å². The van der Waals surface area contributed by atoms with Crippen LogP contribution < -0.4 is 10.4 Å². The largest absolute Gasteiger partial charge is 0.490 e. The Labute approximate surface area is 228 Å². The van der Waals surface area contributed by atoms with Crippen molar-refractivity contribution in [2.24, 2.45) is 0 Å². The van der Waals surface area contributed by atoms with E-state index in [4.69, 9.17) is 21.5 Å². The zero-order valence-electron chi connectivity index (χ0n) is 20.9. The number of aliphatic hydroxyl groups excluding tert-OH is 1. The number of nitrogens with zero attached hydrogens (tertiary/aromatic N) is 5. The molecule has 10 nitrogen and oxygen atoms in total. The molecular weight excluding hydrogens is 541 g/mol. The molecule has 1 aliphatic carbocycles. The number of anilines is 1. The molecule has 1 aromatic carbocycles. The standard InChI is InChI=1S/C23H27ClN6O2.C2HF3O2/c24-20-14-26-21(13-25)27-22(20)30(18-3-1-2-4-18)28-23(32)17-7-5-16(6-8-17)15-29-11-9-19(31)10-12-29;3-2(4,5)1(6)7/h5-8,14,18-19,31H,1-4,9-12,15H2,(H,28,32);(H,6,7). The number of aromatic nitrogens is 2. The zero-order chi connectivity index (χ0) is 28.6. The Morgan fingerprint density at radius 3 is 2.28 bits per heavy atom. The molecule has 0 spiro atoms. The van der Waals surface area contributed by atoms with E-state index < -0.39 is 12.1 Å². The lowest BCUT2D eigenvalue weighted by molar-refractivity contribution is -0.192. The van der Waals surface area contributed by atoms with Gasteiger partial charge in [-0.3, -0.25) is 20.1 Å². The van der Waals surface area contributed by atoms with Gasteiger partial charge in [-0.15, -0.1) is 0 Å². The lowest BCUT2D eigenvalue weighted by atomic mass is 10.1. The van der Waals surface area contributed by atoms with Crippen LogP contribution in [0.5, 0.6) is 0 Å². The summed E-state index contributed by atoms with van der Waals surface area (Å²) in [6.07, 6.45) is 1.67. The van der Waals surface area contributed by atoms with E-state index in [0.29, 0.717) is 11.4 Å². The highest BCUT2D eigenvalue weighted by molar-refractivity contribution is 6.32. The highest BCUT2D eigenvalue weighted by Gasteiger charge is 2.38. The molecule has 2 fully saturated rings. The van der Waals surface area contributed by atoms with Crippen LogP contribution >= 0.6 is 11.6 Å². The Morgan fingerprint density at radius 1 is 1.15 bits per heavy atom. The van der Waals surface area contributed by atoms with E-state index in [2.05, 4.69) is 20.3 Å². The van der Waals surface area contributed by atoms with Crippen molar-refractivity contribution in [3.05, 3.63) is 52.4 Å². The summed E-state index contributed by atoms with van der Waals surface area (Å²) in [7, 11) is 0. The fourth-order valence-electron chi connectivity index (χ4n) is 4.33. The first-order chi connectivity index (χ1) is 18.5. The smallest absolute Gasteiger partial charge is 0.475 e. The summed E-state index contributed by atoms with van der Waals surface area (Å²) in [5.41, 5.74) is 4.63. The van der Waals surface area contributed by atoms with E-state index in [1.807, 2.05) is 30.3 Å². The van der Waals surface area contributed by atoms with Gasteiger partial charge in [-0.05, 0) is 43.4 Å². The molecule has 2 aliphatic rings. The van der Waals surface area contributed by atoms with Gasteiger partial charge in [0.1, 0.15) is 11.1 Å². The van der Waals surface area contributed by atoms with Gasteiger partial charge >= 0.3 is 12.1 Å². The second kappa shape index (κ2) is 13.5. The molecule has 0 unspecified atom stereocenters. The van der Waals surface area contributed by atoms with E-state index in [1.54, 1.807) is 5.01 Å². The predicted molar refractivity (Wildman–Crippen MR) is 135 cm³/mol. The maximum absolute atomic E-state index is 13.0. The fraction of sp³-hybridized carbons (Fsp3) is 0.480. The Bertz CT molecular complexity index is 1180. The molecule has 210 valence electrons. The minimum absolute atomic E-state index is 0.0104. The van der Waals surface area contributed by atoms with Gasteiger partial charge in [0.2, 0.25) is 5.82 Å². The lowest BCUT2D eigenvalue weighted by Gasteiger charge is -2.31. The van der Waals surface area contributed by atoms with Crippen molar-refractivity contribution in [1.29, 1.82) is 5.26 Å². The van der Waals surface area contributed by atoms with E-state index >= 15 is 0 Å². The zero-order valence-corrected chi connectivity index (χ0v) is 21.6. The number of aliphatic hydroxyl groups is 1. The summed E-state index contributed by atoms with van der Waals surface area (Å²) in [5.74, 6) is -2.65. The molecule has 1 aromatic heterocycles. The second-order valence-electron chi connectivity index (χ2n) is 9.23. The number of carbonyl (C=O) groups is 2. The Kier molecular flexibility index (Phi) is 10.4. The van der Waals surface area contributed by atoms with Crippen molar-refractivity contribution >= 4 is 29.3 Å². The fourth-order valence-corrected chi connectivity index (χ4v) is 4.51. The normalized spacial score (nSPS) is 16.6. The number of piperidine rings is 1. The summed E-state index contributed by atoms with van der Waals surface area (Å²) >= 11 is 6.33. The van der Waals surface area contributed by atoms with Crippen LogP contribution in [0.2, 0.25) is 5.02 Å². The highest BCUT2D eigenvalue weighted by Crippen LogP contribution is 2.30. The minimum atomic E-state index is -5.08. The number of rotatable bonds is 6. The van der Waals surface area contributed by atoms with Crippen LogP contribution in [0.3, 0.4) is 0 Å². The maximum Gasteiger partial charge on any atom is 0.490 e. The first kappa shape index (κ1) is 30.1. The summed E-state index contributed by atoms with van der Waals surface area (Å²) in [6.45, 7) is 2.56. The predicted octanol–water partition coefficient (Wildman–Crippen LogP) is 3.69. The van der Waals surface area contributed by atoms with E-state index in [0.717, 1.165) is 63.7 Å². The van der Waals surface area contributed by atoms with Crippen LogP contribution in [-0.4, -0.2) is 68.4 Å². The molecule has 1 saturated carbocycles. The Hall–Kier alpha value is -3.47. The van der Waals surface area contributed by atoms with Crippen molar-refractivity contribution in [3.63, 3.8) is 0 Å². The molecule has 39 heavy (non-hydrogen) atoms. The average Bonchev–Trinajstić information content (AvgIpc) is 3.44. The third kappa shape index (κ3) is 8.77. The number of likely N-dealkylation sites (tertiary alicyclic amines) is 1. The average molecular weight is 569 g/mol. The molecule has 0 atom stereocenters. The summed E-state index contributed by atoms with van der Waals surface area (Å²) in [4.78, 5) is 32.4. The van der Waals surface area contributed by atoms with Crippen molar-refractivity contribution in [2.75, 3.05) is 18.1 Å². The SMILES string of the molecule is N#Cc1ncc(Cl)c(N(NC(=O)c2ccc(CN3CCC(O)CC3)cc2)C2CCCC2)n1.O=C(O)C(F)(F)F. The van der Waals surface area contributed by atoms with Gasteiger partial charge in [-0.1, -0.05) is 36.6 Å². The molecule has 4 rings (SSSR count). The van der Waals surface area contributed by atoms with Crippen LogP contribution in [-0.2, 0) is 11.3 Å². The molecule has 0 bridgehead atoms. The van der Waals surface area contributed by atoms with Gasteiger partial charge in [-0.2, -0.15) is 23.4 Å². The number of aliphatic carboxylic acids is 1. The number of alkyl halides is 3. The number of hydrogen-bond donors (Lipinski definition) is 3. The summed E-state index contributed by atoms with van der Waals surface area (Å²) in [6, 6.07) is 9.55. The minimum Gasteiger partial charge on any atom is -0.475 e. The number of carboxylic acid groups (broad SMARTS) is 1. The van der Waals surface area contributed by atoms with Crippen LogP contribution in [0.25, 0.3) is 0 Å². The number of carbonyl (C=O) groups excluding carboxylic acids is 1. The van der Waals surface area contributed by atoms with Crippen molar-refractivity contribution in [2.45, 2.75) is 63.4 Å². The molecule has 1 amide bonds. The summed E-state index contributed by atoms with van der Waals surface area (Å²) < 4.78 is 31.7. The lowest BCUT2D eigenvalue weighted by Crippen LogP contribution is -2.48. The van der Waals surface area contributed by atoms with Gasteiger partial charge < -0.3 is 10.2 Å². The number of carboxylic acids is 1. The summed E-state index contributed by atoms with van der Waals surface area (Å²) in [5, 5.41) is 28.0. The Balaban J connectivity index is 0.000000532. The van der Waals surface area contributed by atoms with E-state index in [-0.39, 0.29) is 28.9 Å². The molecule has 3 N–H and O–H groups in total. The number of halogens is 4. The van der Waals surface area contributed by atoms with Gasteiger partial charge in [0.05, 0.1) is 18.3 Å². The number of hydrazine groups is 1. The number of nitriles is 1. The monoisotopic (exact) mass is 568 g/mol. The van der Waals surface area contributed by atoms with Gasteiger partial charge in [0.25, 0.3) is 5.91 Å². The van der Waals surface area contributed by atoms with E-state index in [9.17, 15) is 28.3 Å². The number of amides is 1. The van der Waals surface area contributed by atoms with Crippen molar-refractivity contribution < 1.29 is 33.0 Å². The van der Waals surface area contributed by atoms with Crippen molar-refractivity contribution in [3.8, 4) is 6.07 Å². The van der Waals surface area contributed by atoms with Crippen LogP contribution in [0.15, 0.2) is 30.5 Å². The molecule has 2 aromatic rings. The van der Waals surface area contributed by atoms with Crippen LogP contribution in [0.1, 0.15) is 60.3 Å². The topological polar surface area (TPSA) is 143 Å². The molecular formula is C25H28ClF3N6O4. The van der Waals surface area contributed by atoms with Crippen molar-refractivity contribution in [1.82, 2.24) is 20.3 Å². The number of nitrogens with one attached hydrogen (secondary N) is 1. The first-order valence-electron chi connectivity index (χ1n) is 12.3. The van der Waals surface area contributed by atoms with Gasteiger partial charge in [0.15, 0.2) is 5.82 Å². The molecule has 0 radical (unpaired) electrons. The first-order valence-corrected chi connectivity index (χ1v) is 12.7. The Morgan fingerprint density at radius 2 is 1.74 bits per heavy atom. The van der Waals surface area contributed by atoms with E-state index in [1.165, 1.54) is 6.20 Å². The number of hydrogen-bond acceptors (Lipinski definition) is 8.